The number of nitrogens with one attached hydrogen (secondary N) is 1. The molecule has 1 fully saturated rings. The van der Waals surface area contributed by atoms with Gasteiger partial charge in [-0.1, -0.05) is 18.5 Å². The molecule has 1 aromatic heterocycles. The first-order valence-corrected chi connectivity index (χ1v) is 6.58. The topological polar surface area (TPSA) is 39.1 Å². The van der Waals surface area contributed by atoms with Crippen molar-refractivity contribution < 1.29 is 4.74 Å². The Morgan fingerprint density at radius 2 is 2.53 bits per heavy atom. The van der Waals surface area contributed by atoms with Gasteiger partial charge in [-0.25, -0.2) is 0 Å². The lowest BCUT2D eigenvalue weighted by atomic mass is 9.97. The Bertz CT molecular complexity index is 341. The highest BCUT2D eigenvalue weighted by Gasteiger charge is 2.24. The predicted molar refractivity (Wildman–Crippen MR) is 68.2 cm³/mol. The van der Waals surface area contributed by atoms with Crippen molar-refractivity contribution in [2.45, 2.75) is 25.8 Å². The molecule has 2 rings (SSSR count). The van der Waals surface area contributed by atoms with E-state index in [1.54, 1.807) is 6.20 Å². The Balaban J connectivity index is 2.10. The summed E-state index contributed by atoms with van der Waals surface area (Å²) in [5.41, 5.74) is 1.08. The maximum Gasteiger partial charge on any atom is 0.0834 e. The number of rotatable bonds is 5. The minimum atomic E-state index is 0.270. The van der Waals surface area contributed by atoms with Gasteiger partial charge in [0, 0.05) is 20.3 Å². The molecule has 0 radical (unpaired) electrons. The quantitative estimate of drug-likeness (QED) is 0.879. The number of aromatic nitrogens is 2. The molecule has 0 amide bonds. The zero-order chi connectivity index (χ0) is 12.3. The Morgan fingerprint density at radius 1 is 1.71 bits per heavy atom. The van der Waals surface area contributed by atoms with Crippen LogP contribution in [0, 0.1) is 5.92 Å². The highest BCUT2D eigenvalue weighted by atomic mass is 35.5. The van der Waals surface area contributed by atoms with Gasteiger partial charge in [0.1, 0.15) is 0 Å². The van der Waals surface area contributed by atoms with Crippen molar-refractivity contribution in [3.05, 3.63) is 16.9 Å². The van der Waals surface area contributed by atoms with E-state index in [0.717, 1.165) is 43.3 Å². The highest BCUT2D eigenvalue weighted by Crippen LogP contribution is 2.30. The normalized spacial score (nSPS) is 21.9. The fourth-order valence-electron chi connectivity index (χ4n) is 2.45. The standard InChI is InChI=1S/C12H20ClN3O/c1-3-14-11(6-9-4-5-17-8-9)12-10(13)7-15-16(12)2/h7,9,11,14H,3-6,8H2,1-2H3. The predicted octanol–water partition coefficient (Wildman–Crippen LogP) is 2.15. The summed E-state index contributed by atoms with van der Waals surface area (Å²) in [7, 11) is 1.94. The first kappa shape index (κ1) is 12.9. The summed E-state index contributed by atoms with van der Waals surface area (Å²) >= 11 is 6.21. The largest absolute Gasteiger partial charge is 0.381 e. The number of hydrogen-bond acceptors (Lipinski definition) is 3. The molecule has 4 nitrogen and oxygen atoms in total. The second-order valence-electron chi connectivity index (χ2n) is 4.58. The van der Waals surface area contributed by atoms with Crippen LogP contribution < -0.4 is 5.32 Å². The average molecular weight is 258 g/mol. The van der Waals surface area contributed by atoms with Gasteiger partial charge in [0.05, 0.1) is 23.0 Å². The van der Waals surface area contributed by atoms with E-state index in [0.29, 0.717) is 5.92 Å². The van der Waals surface area contributed by atoms with E-state index in [9.17, 15) is 0 Å². The highest BCUT2D eigenvalue weighted by molar-refractivity contribution is 6.31. The van der Waals surface area contributed by atoms with E-state index in [-0.39, 0.29) is 6.04 Å². The van der Waals surface area contributed by atoms with Gasteiger partial charge in [0.25, 0.3) is 0 Å². The molecule has 1 aliphatic rings. The lowest BCUT2D eigenvalue weighted by molar-refractivity contribution is 0.181. The smallest absolute Gasteiger partial charge is 0.0834 e. The minimum absolute atomic E-state index is 0.270. The van der Waals surface area contributed by atoms with Crippen molar-refractivity contribution in [2.75, 3.05) is 19.8 Å². The maximum absolute atomic E-state index is 6.21. The molecular weight excluding hydrogens is 238 g/mol. The van der Waals surface area contributed by atoms with Crippen molar-refractivity contribution in [1.29, 1.82) is 0 Å². The number of halogens is 1. The lowest BCUT2D eigenvalue weighted by Gasteiger charge is -2.21. The molecule has 0 bridgehead atoms. The molecule has 2 heterocycles. The molecule has 1 saturated heterocycles. The zero-order valence-electron chi connectivity index (χ0n) is 10.4. The summed E-state index contributed by atoms with van der Waals surface area (Å²) in [6.45, 7) is 4.81. The summed E-state index contributed by atoms with van der Waals surface area (Å²) < 4.78 is 7.30. The number of hydrogen-bond donors (Lipinski definition) is 1. The molecule has 96 valence electrons. The Hall–Kier alpha value is -0.580. The Kier molecular flexibility index (Phi) is 4.42. The Labute approximate surface area is 107 Å². The molecule has 0 aliphatic carbocycles. The SMILES string of the molecule is CCNC(CC1CCOC1)c1c(Cl)cnn1C. The van der Waals surface area contributed by atoms with Crippen LogP contribution in [-0.2, 0) is 11.8 Å². The number of aryl methyl sites for hydroxylation is 1. The first-order chi connectivity index (χ1) is 8.22. The maximum atomic E-state index is 6.21. The minimum Gasteiger partial charge on any atom is -0.381 e. The third kappa shape index (κ3) is 3.00. The van der Waals surface area contributed by atoms with Crippen LogP contribution in [0.3, 0.4) is 0 Å². The van der Waals surface area contributed by atoms with Gasteiger partial charge >= 0.3 is 0 Å². The lowest BCUT2D eigenvalue weighted by Crippen LogP contribution is -2.26. The summed E-state index contributed by atoms with van der Waals surface area (Å²) in [6, 6.07) is 0.270. The van der Waals surface area contributed by atoms with Gasteiger partial charge in [0.2, 0.25) is 0 Å². The van der Waals surface area contributed by atoms with Gasteiger partial charge in [0.15, 0.2) is 0 Å². The van der Waals surface area contributed by atoms with Crippen LogP contribution in [0.15, 0.2) is 6.20 Å². The van der Waals surface area contributed by atoms with Crippen LogP contribution in [0.2, 0.25) is 5.02 Å². The summed E-state index contributed by atoms with van der Waals surface area (Å²) in [4.78, 5) is 0. The van der Waals surface area contributed by atoms with Crippen LogP contribution in [-0.4, -0.2) is 29.5 Å². The molecule has 1 aliphatic heterocycles. The van der Waals surface area contributed by atoms with Crippen molar-refractivity contribution >= 4 is 11.6 Å². The van der Waals surface area contributed by atoms with E-state index in [1.165, 1.54) is 0 Å². The van der Waals surface area contributed by atoms with Crippen LogP contribution in [0.1, 0.15) is 31.5 Å². The van der Waals surface area contributed by atoms with Crippen molar-refractivity contribution in [3.63, 3.8) is 0 Å². The van der Waals surface area contributed by atoms with E-state index < -0.39 is 0 Å². The third-order valence-electron chi connectivity index (χ3n) is 3.31. The Morgan fingerprint density at radius 3 is 3.06 bits per heavy atom. The summed E-state index contributed by atoms with van der Waals surface area (Å²) in [6.07, 6.45) is 3.93. The summed E-state index contributed by atoms with van der Waals surface area (Å²) in [5, 5.41) is 8.45. The summed E-state index contributed by atoms with van der Waals surface area (Å²) in [5.74, 6) is 0.630. The first-order valence-electron chi connectivity index (χ1n) is 6.21. The zero-order valence-corrected chi connectivity index (χ0v) is 11.2. The number of nitrogens with zero attached hydrogens (tertiary/aromatic N) is 2. The van der Waals surface area contributed by atoms with E-state index in [2.05, 4.69) is 17.3 Å². The fourth-order valence-corrected chi connectivity index (χ4v) is 2.75. The molecule has 0 spiro atoms. The van der Waals surface area contributed by atoms with Crippen molar-refractivity contribution in [3.8, 4) is 0 Å². The molecule has 0 aromatic carbocycles. The van der Waals surface area contributed by atoms with Gasteiger partial charge in [-0.2, -0.15) is 5.10 Å². The second-order valence-corrected chi connectivity index (χ2v) is 4.98. The molecule has 2 atom stereocenters. The van der Waals surface area contributed by atoms with Crippen molar-refractivity contribution in [2.24, 2.45) is 13.0 Å². The van der Waals surface area contributed by atoms with Crippen LogP contribution >= 0.6 is 11.6 Å². The van der Waals surface area contributed by atoms with E-state index in [1.807, 2.05) is 11.7 Å². The van der Waals surface area contributed by atoms with Crippen molar-refractivity contribution in [1.82, 2.24) is 15.1 Å². The molecule has 5 heteroatoms. The van der Waals surface area contributed by atoms with E-state index in [4.69, 9.17) is 16.3 Å². The molecule has 0 saturated carbocycles. The van der Waals surface area contributed by atoms with Gasteiger partial charge < -0.3 is 10.1 Å². The van der Waals surface area contributed by atoms with Crippen LogP contribution in [0.5, 0.6) is 0 Å². The molecule has 2 unspecified atom stereocenters. The van der Waals surface area contributed by atoms with Gasteiger partial charge in [-0.15, -0.1) is 0 Å². The molecule has 17 heavy (non-hydrogen) atoms. The van der Waals surface area contributed by atoms with Gasteiger partial charge in [-0.05, 0) is 25.3 Å². The van der Waals surface area contributed by atoms with Gasteiger partial charge in [-0.3, -0.25) is 4.68 Å². The fraction of sp³-hybridized carbons (Fsp3) is 0.750. The molecule has 1 aromatic rings. The molecular formula is C12H20ClN3O. The average Bonchev–Trinajstić information content (AvgIpc) is 2.89. The van der Waals surface area contributed by atoms with Crippen LogP contribution in [0.4, 0.5) is 0 Å². The second kappa shape index (κ2) is 5.85. The molecule has 1 N–H and O–H groups in total. The monoisotopic (exact) mass is 257 g/mol. The third-order valence-corrected chi connectivity index (χ3v) is 3.60. The van der Waals surface area contributed by atoms with E-state index >= 15 is 0 Å². The number of ether oxygens (including phenoxy) is 1. The van der Waals surface area contributed by atoms with Crippen LogP contribution in [0.25, 0.3) is 0 Å².